The van der Waals surface area contributed by atoms with Crippen LogP contribution in [0.1, 0.15) is 105 Å². The molecular weight excluding hydrogens is 508 g/mol. The predicted molar refractivity (Wildman–Crippen MR) is 153 cm³/mol. The Morgan fingerprint density at radius 2 is 1.82 bits per heavy atom. The minimum Gasteiger partial charge on any atom is -0.481 e. The Bertz CT molecular complexity index is 1070. The summed E-state index contributed by atoms with van der Waals surface area (Å²) in [4.78, 5) is 29.7. The van der Waals surface area contributed by atoms with E-state index in [-0.39, 0.29) is 41.3 Å². The molecular formula is C32H50N2O6. The third kappa shape index (κ3) is 5.47. The number of oxime groups is 1. The van der Waals surface area contributed by atoms with Crippen molar-refractivity contribution in [3.05, 3.63) is 11.6 Å². The van der Waals surface area contributed by atoms with Gasteiger partial charge in [0.2, 0.25) is 0 Å². The van der Waals surface area contributed by atoms with Gasteiger partial charge in [-0.2, -0.15) is 0 Å². The van der Waals surface area contributed by atoms with Crippen molar-refractivity contribution in [1.82, 2.24) is 5.32 Å². The van der Waals surface area contributed by atoms with Crippen molar-refractivity contribution in [3.63, 3.8) is 0 Å². The van der Waals surface area contributed by atoms with E-state index in [9.17, 15) is 19.8 Å². The standard InChI is InChI=1S/C32H50N2O6/c1-29(2)18-20(11-15-39-29)26(17-28(36)37)33-27(35)19-40-34-22-8-12-30(3)21(16-22)6-7-23-24(30)9-13-31(4)25(23)10-14-32(31,5)38/h16,20,23-26,38H,6-15,17-19H2,1-5H3,(H,33,35)(H,36,37)/b34-22-/t20-,23-,24-,25-,26+,30+,31+,32+/m1/s1. The molecule has 8 heteroatoms. The number of hydrogen-bond donors (Lipinski definition) is 3. The molecule has 5 rings (SSSR count). The Labute approximate surface area is 239 Å². The summed E-state index contributed by atoms with van der Waals surface area (Å²) in [5.74, 6) is 0.699. The topological polar surface area (TPSA) is 117 Å². The second-order valence-electron chi connectivity index (χ2n) is 14.8. The SMILES string of the molecule is CC1(C)C[C@H]([C@H](CC(=O)O)NC(=O)CO/N=C2\C=C3CC[C@@H]4[C@@H](CC[C@@]5(C)[C@@H]4CC[C@]5(C)O)[C@@]3(C)CC2)CCO1. The second kappa shape index (κ2) is 10.7. The first kappa shape index (κ1) is 29.6. The van der Waals surface area contributed by atoms with Crippen molar-refractivity contribution in [2.75, 3.05) is 13.2 Å². The van der Waals surface area contributed by atoms with E-state index in [0.29, 0.717) is 30.8 Å². The molecule has 0 bridgehead atoms. The number of carboxylic acid groups (broad SMARTS) is 1. The van der Waals surface area contributed by atoms with Crippen LogP contribution in [0.25, 0.3) is 0 Å². The van der Waals surface area contributed by atoms with Crippen molar-refractivity contribution in [2.24, 2.45) is 39.7 Å². The molecule has 4 aliphatic carbocycles. The quantitative estimate of drug-likeness (QED) is 0.368. The number of ether oxygens (including phenoxy) is 1. The van der Waals surface area contributed by atoms with Gasteiger partial charge < -0.3 is 25.1 Å². The zero-order valence-corrected chi connectivity index (χ0v) is 25.1. The molecule has 8 atom stereocenters. The molecule has 1 amide bonds. The number of carbonyl (C=O) groups excluding carboxylic acids is 1. The summed E-state index contributed by atoms with van der Waals surface area (Å²) in [5.41, 5.74) is 1.66. The van der Waals surface area contributed by atoms with E-state index in [4.69, 9.17) is 9.57 Å². The van der Waals surface area contributed by atoms with Gasteiger partial charge in [-0.25, -0.2) is 0 Å². The van der Waals surface area contributed by atoms with Crippen LogP contribution in [0, 0.1) is 34.5 Å². The normalized spacial score (nSPS) is 42.1. The van der Waals surface area contributed by atoms with Gasteiger partial charge in [-0.05, 0) is 126 Å². The van der Waals surface area contributed by atoms with Crippen LogP contribution in [-0.2, 0) is 19.2 Å². The summed E-state index contributed by atoms with van der Waals surface area (Å²) >= 11 is 0. The lowest BCUT2D eigenvalue weighted by molar-refractivity contribution is -0.139. The summed E-state index contributed by atoms with van der Waals surface area (Å²) in [7, 11) is 0. The Kier molecular flexibility index (Phi) is 7.92. The van der Waals surface area contributed by atoms with Crippen LogP contribution in [-0.4, -0.2) is 58.3 Å². The van der Waals surface area contributed by atoms with Crippen LogP contribution in [0.4, 0.5) is 0 Å². The van der Waals surface area contributed by atoms with Gasteiger partial charge in [-0.15, -0.1) is 0 Å². The molecule has 1 saturated heterocycles. The van der Waals surface area contributed by atoms with Gasteiger partial charge in [-0.1, -0.05) is 24.6 Å². The lowest BCUT2D eigenvalue weighted by Gasteiger charge is -2.59. The Morgan fingerprint density at radius 3 is 2.55 bits per heavy atom. The number of nitrogens with zero attached hydrogens (tertiary/aromatic N) is 1. The first-order valence-electron chi connectivity index (χ1n) is 15.5. The molecule has 0 aromatic carbocycles. The van der Waals surface area contributed by atoms with E-state index in [1.165, 1.54) is 18.4 Å². The van der Waals surface area contributed by atoms with Crippen LogP contribution < -0.4 is 5.32 Å². The molecule has 224 valence electrons. The number of aliphatic hydroxyl groups is 1. The second-order valence-corrected chi connectivity index (χ2v) is 14.8. The van der Waals surface area contributed by atoms with Crippen LogP contribution >= 0.6 is 0 Å². The Hall–Kier alpha value is -1.93. The molecule has 1 aliphatic heterocycles. The highest BCUT2D eigenvalue weighted by atomic mass is 16.6. The van der Waals surface area contributed by atoms with E-state index in [0.717, 1.165) is 50.7 Å². The van der Waals surface area contributed by atoms with Gasteiger partial charge in [0.15, 0.2) is 6.61 Å². The van der Waals surface area contributed by atoms with E-state index < -0.39 is 17.6 Å². The van der Waals surface area contributed by atoms with Gasteiger partial charge in [-0.3, -0.25) is 9.59 Å². The third-order valence-corrected chi connectivity index (χ3v) is 12.0. The predicted octanol–water partition coefficient (Wildman–Crippen LogP) is 5.24. The molecule has 0 spiro atoms. The van der Waals surface area contributed by atoms with Gasteiger partial charge >= 0.3 is 5.97 Å². The average molecular weight is 559 g/mol. The number of amides is 1. The smallest absolute Gasteiger partial charge is 0.305 e. The molecule has 40 heavy (non-hydrogen) atoms. The molecule has 0 aromatic heterocycles. The summed E-state index contributed by atoms with van der Waals surface area (Å²) in [6.07, 6.45) is 11.9. The van der Waals surface area contributed by atoms with Crippen LogP contribution in [0.3, 0.4) is 0 Å². The van der Waals surface area contributed by atoms with Crippen molar-refractivity contribution >= 4 is 17.6 Å². The average Bonchev–Trinajstić information content (AvgIpc) is 3.11. The molecule has 0 radical (unpaired) electrons. The largest absolute Gasteiger partial charge is 0.481 e. The van der Waals surface area contributed by atoms with Crippen LogP contribution in [0.5, 0.6) is 0 Å². The fourth-order valence-electron chi connectivity index (χ4n) is 9.45. The zero-order valence-electron chi connectivity index (χ0n) is 25.1. The van der Waals surface area contributed by atoms with Crippen molar-refractivity contribution < 1.29 is 29.4 Å². The van der Waals surface area contributed by atoms with E-state index in [2.05, 4.69) is 37.3 Å². The highest BCUT2D eigenvalue weighted by Crippen LogP contribution is 2.67. The number of carboxylic acids is 1. The molecule has 3 saturated carbocycles. The number of allylic oxidation sites excluding steroid dienone is 2. The van der Waals surface area contributed by atoms with E-state index in [1.807, 2.05) is 13.8 Å². The monoisotopic (exact) mass is 558 g/mol. The van der Waals surface area contributed by atoms with Crippen LogP contribution in [0.2, 0.25) is 0 Å². The maximum atomic E-state index is 12.7. The third-order valence-electron chi connectivity index (χ3n) is 12.0. The van der Waals surface area contributed by atoms with Gasteiger partial charge in [0, 0.05) is 12.6 Å². The highest BCUT2D eigenvalue weighted by molar-refractivity contribution is 5.96. The number of aliphatic carboxylic acids is 1. The lowest BCUT2D eigenvalue weighted by Crippen LogP contribution is -2.53. The summed E-state index contributed by atoms with van der Waals surface area (Å²) in [5, 5.41) is 27.8. The number of rotatable bonds is 7. The van der Waals surface area contributed by atoms with Gasteiger partial charge in [0.05, 0.1) is 23.3 Å². The van der Waals surface area contributed by atoms with Crippen molar-refractivity contribution in [1.29, 1.82) is 0 Å². The molecule has 8 nitrogen and oxygen atoms in total. The molecule has 1 heterocycles. The summed E-state index contributed by atoms with van der Waals surface area (Å²) in [6.45, 7) is 11.2. The fraction of sp³-hybridized carbons (Fsp3) is 0.844. The van der Waals surface area contributed by atoms with Gasteiger partial charge in [0.25, 0.3) is 5.91 Å². The summed E-state index contributed by atoms with van der Waals surface area (Å²) < 4.78 is 5.77. The maximum absolute atomic E-state index is 12.7. The number of carbonyl (C=O) groups is 2. The molecule has 3 N–H and O–H groups in total. The molecule has 0 unspecified atom stereocenters. The number of nitrogens with one attached hydrogen (secondary N) is 1. The number of hydrogen-bond acceptors (Lipinski definition) is 6. The lowest BCUT2D eigenvalue weighted by atomic mass is 9.46. The fourth-order valence-corrected chi connectivity index (χ4v) is 9.45. The molecule has 4 fully saturated rings. The minimum absolute atomic E-state index is 0.0336. The maximum Gasteiger partial charge on any atom is 0.305 e. The molecule has 5 aliphatic rings. The van der Waals surface area contributed by atoms with Crippen molar-refractivity contribution in [2.45, 2.75) is 122 Å². The first-order valence-corrected chi connectivity index (χ1v) is 15.5. The van der Waals surface area contributed by atoms with Crippen LogP contribution in [0.15, 0.2) is 16.8 Å². The molecule has 0 aromatic rings. The summed E-state index contributed by atoms with van der Waals surface area (Å²) in [6, 6.07) is -0.460. The van der Waals surface area contributed by atoms with E-state index in [1.54, 1.807) is 0 Å². The van der Waals surface area contributed by atoms with Gasteiger partial charge in [0.1, 0.15) is 0 Å². The van der Waals surface area contributed by atoms with Crippen molar-refractivity contribution in [3.8, 4) is 0 Å². The zero-order chi connectivity index (χ0) is 28.9. The minimum atomic E-state index is -0.928. The highest BCUT2D eigenvalue weighted by Gasteiger charge is 2.62. The first-order chi connectivity index (χ1) is 18.7. The van der Waals surface area contributed by atoms with E-state index >= 15 is 0 Å². The number of fused-ring (bicyclic) bond motifs is 5. The Morgan fingerprint density at radius 1 is 1.07 bits per heavy atom. The Balaban J connectivity index is 1.19.